The minimum atomic E-state index is -0.433. The average Bonchev–Trinajstić information content (AvgIpc) is 3.78. The minimum Gasteiger partial charge on any atom is -0.493 e. The molecule has 10 heteroatoms. The molecule has 1 heterocycles. The summed E-state index contributed by atoms with van der Waals surface area (Å²) in [6.07, 6.45) is 3.86. The molecule has 0 aromatic heterocycles. The Labute approximate surface area is 275 Å². The highest BCUT2D eigenvalue weighted by atomic mass is 35.5. The van der Waals surface area contributed by atoms with E-state index in [9.17, 15) is 15.3 Å². The number of aliphatic hydroxyl groups excluding tert-OH is 3. The van der Waals surface area contributed by atoms with Crippen LogP contribution in [0.5, 0.6) is 17.2 Å². The van der Waals surface area contributed by atoms with Crippen LogP contribution in [0.15, 0.2) is 48.5 Å². The van der Waals surface area contributed by atoms with Crippen LogP contribution in [0, 0.1) is 12.8 Å². The molecule has 1 saturated carbocycles. The monoisotopic (exact) mass is 658 g/mol. The van der Waals surface area contributed by atoms with Gasteiger partial charge in [-0.15, -0.1) is 0 Å². The Morgan fingerprint density at radius 1 is 0.911 bits per heavy atom. The van der Waals surface area contributed by atoms with Crippen molar-refractivity contribution in [2.24, 2.45) is 5.92 Å². The summed E-state index contributed by atoms with van der Waals surface area (Å²) >= 11 is 13.6. The molecule has 1 atom stereocenters. The summed E-state index contributed by atoms with van der Waals surface area (Å²) in [7, 11) is 0. The van der Waals surface area contributed by atoms with Crippen LogP contribution in [0.1, 0.15) is 42.4 Å². The topological polar surface area (TPSA) is 104 Å². The van der Waals surface area contributed by atoms with Gasteiger partial charge in [-0.1, -0.05) is 53.5 Å². The lowest BCUT2D eigenvalue weighted by atomic mass is 9.98. The van der Waals surface area contributed by atoms with E-state index in [4.69, 9.17) is 37.4 Å². The minimum absolute atomic E-state index is 0.175. The van der Waals surface area contributed by atoms with E-state index >= 15 is 0 Å². The molecule has 4 N–H and O–H groups in total. The van der Waals surface area contributed by atoms with E-state index in [1.165, 1.54) is 0 Å². The molecule has 2 fully saturated rings. The van der Waals surface area contributed by atoms with Crippen LogP contribution >= 0.6 is 23.2 Å². The molecule has 45 heavy (non-hydrogen) atoms. The Hall–Kier alpha value is -2.56. The number of benzene rings is 3. The van der Waals surface area contributed by atoms with Gasteiger partial charge in [0.1, 0.15) is 23.9 Å². The third-order valence-electron chi connectivity index (χ3n) is 8.47. The quantitative estimate of drug-likeness (QED) is 0.139. The van der Waals surface area contributed by atoms with E-state index in [1.807, 2.05) is 49.4 Å². The van der Waals surface area contributed by atoms with Crippen LogP contribution in [0.2, 0.25) is 10.0 Å². The largest absolute Gasteiger partial charge is 0.493 e. The SMILES string of the molecule is Cc1c(OCCCN2CC[C@@H](O)C2)cccc1-c1cccc(COc2cc(OCC3CC3)c(CNC(CO)CO)cc2Cl)c1Cl. The van der Waals surface area contributed by atoms with Gasteiger partial charge in [0.2, 0.25) is 0 Å². The number of likely N-dealkylation sites (tertiary alicyclic amines) is 1. The number of β-amino-alcohol motifs (C(OH)–C–C–N with tert-alkyl or cyclic N) is 1. The van der Waals surface area contributed by atoms with Gasteiger partial charge in [-0.05, 0) is 61.8 Å². The van der Waals surface area contributed by atoms with Crippen molar-refractivity contribution < 1.29 is 29.5 Å². The molecule has 0 radical (unpaired) electrons. The Morgan fingerprint density at radius 2 is 1.69 bits per heavy atom. The molecule has 0 amide bonds. The predicted molar refractivity (Wildman–Crippen MR) is 178 cm³/mol. The average molecular weight is 660 g/mol. The molecule has 2 aliphatic rings. The fourth-order valence-corrected chi connectivity index (χ4v) is 6.02. The van der Waals surface area contributed by atoms with Gasteiger partial charge in [-0.25, -0.2) is 0 Å². The summed E-state index contributed by atoms with van der Waals surface area (Å²) in [4.78, 5) is 2.28. The molecule has 3 aromatic carbocycles. The van der Waals surface area contributed by atoms with Gasteiger partial charge in [-0.3, -0.25) is 0 Å². The molecule has 0 bridgehead atoms. The number of hydrogen-bond donors (Lipinski definition) is 4. The highest BCUT2D eigenvalue weighted by Crippen LogP contribution is 2.38. The summed E-state index contributed by atoms with van der Waals surface area (Å²) < 4.78 is 18.5. The van der Waals surface area contributed by atoms with Crippen molar-refractivity contribution in [3.8, 4) is 28.4 Å². The number of ether oxygens (including phenoxy) is 3. The lowest BCUT2D eigenvalue weighted by molar-refractivity contribution is 0.169. The van der Waals surface area contributed by atoms with E-state index in [2.05, 4.69) is 10.2 Å². The van der Waals surface area contributed by atoms with Crippen LogP contribution in [-0.4, -0.2) is 78.4 Å². The number of hydrogen-bond acceptors (Lipinski definition) is 8. The van der Waals surface area contributed by atoms with Crippen molar-refractivity contribution in [1.82, 2.24) is 10.2 Å². The van der Waals surface area contributed by atoms with Crippen molar-refractivity contribution in [3.05, 3.63) is 75.3 Å². The van der Waals surface area contributed by atoms with Crippen LogP contribution in [-0.2, 0) is 13.2 Å². The van der Waals surface area contributed by atoms with E-state index in [-0.39, 0.29) is 25.9 Å². The van der Waals surface area contributed by atoms with Crippen molar-refractivity contribution in [3.63, 3.8) is 0 Å². The maximum Gasteiger partial charge on any atom is 0.142 e. The molecular weight excluding hydrogens is 615 g/mol. The van der Waals surface area contributed by atoms with Gasteiger partial charge < -0.3 is 39.7 Å². The van der Waals surface area contributed by atoms with Gasteiger partial charge in [0.15, 0.2) is 0 Å². The highest BCUT2D eigenvalue weighted by molar-refractivity contribution is 6.34. The molecule has 1 saturated heterocycles. The second-order valence-corrected chi connectivity index (χ2v) is 12.8. The van der Waals surface area contributed by atoms with E-state index in [1.54, 1.807) is 6.07 Å². The number of rotatable bonds is 17. The first-order valence-electron chi connectivity index (χ1n) is 15.8. The zero-order valence-electron chi connectivity index (χ0n) is 25.8. The Morgan fingerprint density at radius 3 is 2.42 bits per heavy atom. The Bertz CT molecular complexity index is 1420. The number of nitrogens with zero attached hydrogens (tertiary/aromatic N) is 1. The summed E-state index contributed by atoms with van der Waals surface area (Å²) in [5.41, 5.74) is 4.56. The molecule has 5 rings (SSSR count). The van der Waals surface area contributed by atoms with Gasteiger partial charge in [-0.2, -0.15) is 0 Å². The Balaban J connectivity index is 1.26. The molecule has 3 aromatic rings. The molecule has 0 unspecified atom stereocenters. The zero-order chi connectivity index (χ0) is 31.8. The summed E-state index contributed by atoms with van der Waals surface area (Å²) in [6.45, 7) is 6.11. The number of nitrogens with one attached hydrogen (secondary N) is 1. The number of aliphatic hydroxyl groups is 3. The van der Waals surface area contributed by atoms with E-state index < -0.39 is 6.04 Å². The van der Waals surface area contributed by atoms with E-state index in [0.29, 0.717) is 47.2 Å². The highest BCUT2D eigenvalue weighted by Gasteiger charge is 2.23. The lowest BCUT2D eigenvalue weighted by Crippen LogP contribution is -2.35. The van der Waals surface area contributed by atoms with Crippen molar-refractivity contribution >= 4 is 23.2 Å². The fraction of sp³-hybridized carbons (Fsp3) is 0.486. The normalized spacial score (nSPS) is 16.8. The summed E-state index contributed by atoms with van der Waals surface area (Å²) in [5, 5.41) is 32.8. The first-order chi connectivity index (χ1) is 21.9. The van der Waals surface area contributed by atoms with Crippen LogP contribution in [0.3, 0.4) is 0 Å². The lowest BCUT2D eigenvalue weighted by Gasteiger charge is -2.19. The Kier molecular flexibility index (Phi) is 12.3. The van der Waals surface area contributed by atoms with Crippen LogP contribution < -0.4 is 19.5 Å². The maximum absolute atomic E-state index is 9.74. The smallest absolute Gasteiger partial charge is 0.142 e. The second kappa shape index (κ2) is 16.3. The standard InChI is InChI=1S/C35H44Cl2N2O6/c1-23-29(6-3-8-32(23)43-14-4-12-39-13-11-28(42)18-39)30-7-2-5-25(35(30)37)22-45-34-16-33(44-21-24-9-10-24)26(15-31(34)36)17-38-27(19-40)20-41/h2-3,5-8,15-16,24,27-28,38,40-42H,4,9-14,17-22H2,1H3/t28-/m1/s1. The molecular formula is C35H44Cl2N2O6. The van der Waals surface area contributed by atoms with Gasteiger partial charge in [0.25, 0.3) is 0 Å². The number of halogens is 2. The molecule has 244 valence electrons. The molecule has 1 aliphatic carbocycles. The predicted octanol–water partition coefficient (Wildman–Crippen LogP) is 5.61. The first-order valence-corrected chi connectivity index (χ1v) is 16.6. The maximum atomic E-state index is 9.74. The molecule has 1 aliphatic heterocycles. The van der Waals surface area contributed by atoms with Gasteiger partial charge >= 0.3 is 0 Å². The van der Waals surface area contributed by atoms with Crippen molar-refractivity contribution in [1.29, 1.82) is 0 Å². The van der Waals surface area contributed by atoms with Crippen LogP contribution in [0.4, 0.5) is 0 Å². The van der Waals surface area contributed by atoms with Crippen molar-refractivity contribution in [2.45, 2.75) is 57.9 Å². The van der Waals surface area contributed by atoms with Crippen LogP contribution in [0.25, 0.3) is 11.1 Å². The summed E-state index contributed by atoms with van der Waals surface area (Å²) in [6, 6.07) is 15.1. The van der Waals surface area contributed by atoms with Gasteiger partial charge in [0, 0.05) is 48.9 Å². The van der Waals surface area contributed by atoms with Gasteiger partial charge in [0.05, 0.1) is 48.6 Å². The molecule has 0 spiro atoms. The fourth-order valence-electron chi connectivity index (χ4n) is 5.50. The van der Waals surface area contributed by atoms with E-state index in [0.717, 1.165) is 78.9 Å². The summed E-state index contributed by atoms with van der Waals surface area (Å²) in [5.74, 6) is 2.54. The second-order valence-electron chi connectivity index (χ2n) is 12.0. The van der Waals surface area contributed by atoms with Crippen molar-refractivity contribution in [2.75, 3.05) is 46.1 Å². The molecule has 8 nitrogen and oxygen atoms in total. The third kappa shape index (κ3) is 9.26. The zero-order valence-corrected chi connectivity index (χ0v) is 27.3. The first kappa shape index (κ1) is 33.8. The third-order valence-corrected chi connectivity index (χ3v) is 9.21.